The van der Waals surface area contributed by atoms with Crippen molar-refractivity contribution in [2.75, 3.05) is 12.3 Å². The van der Waals surface area contributed by atoms with E-state index in [2.05, 4.69) is 9.71 Å². The van der Waals surface area contributed by atoms with Gasteiger partial charge >= 0.3 is 0 Å². The van der Waals surface area contributed by atoms with Gasteiger partial charge in [-0.15, -0.1) is 0 Å². The Kier molecular flexibility index (Phi) is 4.54. The molecule has 2 rings (SSSR count). The van der Waals surface area contributed by atoms with Crippen LogP contribution >= 0.6 is 0 Å². The van der Waals surface area contributed by atoms with E-state index < -0.39 is 10.0 Å². The zero-order chi connectivity index (χ0) is 15.5. The van der Waals surface area contributed by atoms with Crippen LogP contribution in [0, 0.1) is 12.7 Å². The van der Waals surface area contributed by atoms with Gasteiger partial charge in [-0.3, -0.25) is 0 Å². The molecule has 3 N–H and O–H groups in total. The Morgan fingerprint density at radius 2 is 2.05 bits per heavy atom. The molecule has 0 aliphatic carbocycles. The lowest BCUT2D eigenvalue weighted by Crippen LogP contribution is -2.26. The van der Waals surface area contributed by atoms with Crippen LogP contribution in [0.25, 0.3) is 0 Å². The first-order valence-corrected chi connectivity index (χ1v) is 7.83. The molecule has 1 aromatic heterocycles. The molecule has 0 amide bonds. The van der Waals surface area contributed by atoms with Gasteiger partial charge in [-0.05, 0) is 48.7 Å². The van der Waals surface area contributed by atoms with E-state index in [4.69, 9.17) is 5.73 Å². The summed E-state index contributed by atoms with van der Waals surface area (Å²) < 4.78 is 39.5. The number of nitrogen functional groups attached to an aromatic ring is 1. The number of benzene rings is 1. The number of sulfonamides is 1. The van der Waals surface area contributed by atoms with Crippen LogP contribution in [0.2, 0.25) is 0 Å². The van der Waals surface area contributed by atoms with E-state index in [9.17, 15) is 12.8 Å². The molecule has 0 unspecified atom stereocenters. The fourth-order valence-electron chi connectivity index (χ4n) is 1.89. The highest BCUT2D eigenvalue weighted by molar-refractivity contribution is 7.89. The van der Waals surface area contributed by atoms with Crippen LogP contribution in [0.15, 0.2) is 41.4 Å². The molecule has 0 saturated heterocycles. The number of nitrogens with zero attached hydrogens (tertiary/aromatic N) is 1. The zero-order valence-electron chi connectivity index (χ0n) is 11.5. The SMILES string of the molecule is Cc1cc(F)ccc1CCNS(=O)(=O)c1ccc(N)nc1. The molecule has 1 heterocycles. The molecular weight excluding hydrogens is 293 g/mol. The summed E-state index contributed by atoms with van der Waals surface area (Å²) in [5.41, 5.74) is 7.11. The Balaban J connectivity index is 2.00. The molecule has 0 radical (unpaired) electrons. The van der Waals surface area contributed by atoms with Crippen LogP contribution in [-0.2, 0) is 16.4 Å². The second-order valence-electron chi connectivity index (χ2n) is 4.64. The van der Waals surface area contributed by atoms with Gasteiger partial charge in [-0.2, -0.15) is 0 Å². The molecule has 0 atom stereocenters. The standard InChI is InChI=1S/C14H16FN3O2S/c1-10-8-12(15)3-2-11(10)6-7-18-21(19,20)13-4-5-14(16)17-9-13/h2-5,8-9,18H,6-7H2,1H3,(H2,16,17). The van der Waals surface area contributed by atoms with E-state index in [0.717, 1.165) is 11.1 Å². The molecule has 0 aliphatic heterocycles. The van der Waals surface area contributed by atoms with E-state index >= 15 is 0 Å². The molecule has 0 spiro atoms. The quantitative estimate of drug-likeness (QED) is 0.879. The number of hydrogen-bond acceptors (Lipinski definition) is 4. The Morgan fingerprint density at radius 1 is 1.29 bits per heavy atom. The maximum atomic E-state index is 13.0. The van der Waals surface area contributed by atoms with Crippen LogP contribution in [0.1, 0.15) is 11.1 Å². The summed E-state index contributed by atoms with van der Waals surface area (Å²) in [5.74, 6) is -0.0410. The number of hydrogen-bond donors (Lipinski definition) is 2. The molecule has 1 aromatic carbocycles. The lowest BCUT2D eigenvalue weighted by molar-refractivity contribution is 0.581. The lowest BCUT2D eigenvalue weighted by atomic mass is 10.1. The van der Waals surface area contributed by atoms with Gasteiger partial charge in [-0.1, -0.05) is 6.07 Å². The van der Waals surface area contributed by atoms with Crippen LogP contribution in [0.4, 0.5) is 10.2 Å². The van der Waals surface area contributed by atoms with E-state index in [1.807, 2.05) is 0 Å². The zero-order valence-corrected chi connectivity index (χ0v) is 12.3. The number of pyridine rings is 1. The highest BCUT2D eigenvalue weighted by atomic mass is 32.2. The molecular formula is C14H16FN3O2S. The number of halogens is 1. The molecule has 112 valence electrons. The lowest BCUT2D eigenvalue weighted by Gasteiger charge is -2.08. The molecule has 7 heteroatoms. The Morgan fingerprint density at radius 3 is 2.67 bits per heavy atom. The van der Waals surface area contributed by atoms with Gasteiger partial charge in [0, 0.05) is 12.7 Å². The van der Waals surface area contributed by atoms with E-state index in [0.29, 0.717) is 6.42 Å². The van der Waals surface area contributed by atoms with Gasteiger partial charge in [0.15, 0.2) is 0 Å². The fourth-order valence-corrected chi connectivity index (χ4v) is 2.87. The predicted octanol–water partition coefficient (Wildman–Crippen LogP) is 1.63. The van der Waals surface area contributed by atoms with Crippen molar-refractivity contribution in [2.24, 2.45) is 0 Å². The van der Waals surface area contributed by atoms with Gasteiger partial charge in [-0.25, -0.2) is 22.5 Å². The average molecular weight is 309 g/mol. The molecule has 5 nitrogen and oxygen atoms in total. The number of nitrogens with one attached hydrogen (secondary N) is 1. The minimum Gasteiger partial charge on any atom is -0.384 e. The summed E-state index contributed by atoms with van der Waals surface area (Å²) in [6, 6.07) is 7.27. The van der Waals surface area contributed by atoms with Crippen molar-refractivity contribution >= 4 is 15.8 Å². The van der Waals surface area contributed by atoms with Crippen LogP contribution in [0.5, 0.6) is 0 Å². The normalized spacial score (nSPS) is 11.5. The fraction of sp³-hybridized carbons (Fsp3) is 0.214. The number of anilines is 1. The molecule has 0 saturated carbocycles. The maximum absolute atomic E-state index is 13.0. The van der Waals surface area contributed by atoms with Crippen molar-refractivity contribution in [3.8, 4) is 0 Å². The van der Waals surface area contributed by atoms with Gasteiger partial charge in [0.1, 0.15) is 16.5 Å². The van der Waals surface area contributed by atoms with Gasteiger partial charge in [0.05, 0.1) is 0 Å². The highest BCUT2D eigenvalue weighted by Crippen LogP contribution is 2.12. The molecule has 21 heavy (non-hydrogen) atoms. The van der Waals surface area contributed by atoms with E-state index in [1.165, 1.54) is 30.5 Å². The van der Waals surface area contributed by atoms with Crippen molar-refractivity contribution < 1.29 is 12.8 Å². The summed E-state index contributed by atoms with van der Waals surface area (Å²) in [4.78, 5) is 3.81. The predicted molar refractivity (Wildman–Crippen MR) is 78.7 cm³/mol. The van der Waals surface area contributed by atoms with Crippen LogP contribution in [-0.4, -0.2) is 19.9 Å². The monoisotopic (exact) mass is 309 g/mol. The summed E-state index contributed by atoms with van der Waals surface area (Å²) in [5, 5.41) is 0. The maximum Gasteiger partial charge on any atom is 0.242 e. The van der Waals surface area contributed by atoms with Gasteiger partial charge in [0.2, 0.25) is 10.0 Å². The summed E-state index contributed by atoms with van der Waals surface area (Å²) in [6.07, 6.45) is 1.69. The van der Waals surface area contributed by atoms with Crippen molar-refractivity contribution in [1.82, 2.24) is 9.71 Å². The summed E-state index contributed by atoms with van der Waals surface area (Å²) >= 11 is 0. The minimum atomic E-state index is -3.61. The Labute approximate surface area is 123 Å². The average Bonchev–Trinajstić information content (AvgIpc) is 2.41. The molecule has 0 aliphatic rings. The number of rotatable bonds is 5. The van der Waals surface area contributed by atoms with Crippen LogP contribution < -0.4 is 10.5 Å². The number of aryl methyl sites for hydroxylation is 1. The first kappa shape index (κ1) is 15.4. The molecule has 0 fully saturated rings. The summed E-state index contributed by atoms with van der Waals surface area (Å²) in [6.45, 7) is 2.01. The van der Waals surface area contributed by atoms with Crippen LogP contribution in [0.3, 0.4) is 0 Å². The first-order chi connectivity index (χ1) is 9.88. The van der Waals surface area contributed by atoms with Crippen molar-refractivity contribution in [2.45, 2.75) is 18.2 Å². The van der Waals surface area contributed by atoms with E-state index in [-0.39, 0.29) is 23.1 Å². The highest BCUT2D eigenvalue weighted by Gasteiger charge is 2.13. The van der Waals surface area contributed by atoms with Gasteiger partial charge < -0.3 is 5.73 Å². The second kappa shape index (κ2) is 6.19. The van der Waals surface area contributed by atoms with Gasteiger partial charge in [0.25, 0.3) is 0 Å². The smallest absolute Gasteiger partial charge is 0.242 e. The molecule has 0 bridgehead atoms. The third-order valence-electron chi connectivity index (χ3n) is 3.06. The van der Waals surface area contributed by atoms with Crippen molar-refractivity contribution in [3.05, 3.63) is 53.5 Å². The topological polar surface area (TPSA) is 85.1 Å². The molecule has 2 aromatic rings. The van der Waals surface area contributed by atoms with E-state index in [1.54, 1.807) is 13.0 Å². The Bertz CT molecular complexity index is 730. The number of aromatic nitrogens is 1. The third kappa shape index (κ3) is 3.99. The first-order valence-electron chi connectivity index (χ1n) is 6.35. The largest absolute Gasteiger partial charge is 0.384 e. The second-order valence-corrected chi connectivity index (χ2v) is 6.40. The number of nitrogens with two attached hydrogens (primary N) is 1. The third-order valence-corrected chi connectivity index (χ3v) is 4.51. The summed E-state index contributed by atoms with van der Waals surface area (Å²) in [7, 11) is -3.61. The van der Waals surface area contributed by atoms with Crippen molar-refractivity contribution in [3.63, 3.8) is 0 Å². The Hall–Kier alpha value is -1.99. The minimum absolute atomic E-state index is 0.0625. The van der Waals surface area contributed by atoms with Crippen molar-refractivity contribution in [1.29, 1.82) is 0 Å².